The van der Waals surface area contributed by atoms with Gasteiger partial charge in [0.1, 0.15) is 5.75 Å². The van der Waals surface area contributed by atoms with Gasteiger partial charge in [0.25, 0.3) is 0 Å². The second-order valence-corrected chi connectivity index (χ2v) is 5.75. The summed E-state index contributed by atoms with van der Waals surface area (Å²) < 4.78 is 5.29. The number of carbonyl (C=O) groups is 2. The number of methoxy groups -OCH3 is 1. The fraction of sp³-hybridized carbons (Fsp3) is 0.263. The van der Waals surface area contributed by atoms with E-state index in [0.717, 1.165) is 5.56 Å². The molecule has 0 radical (unpaired) electrons. The van der Waals surface area contributed by atoms with Gasteiger partial charge in [-0.3, -0.25) is 9.59 Å². The van der Waals surface area contributed by atoms with Crippen LogP contribution in [0.4, 0.5) is 5.69 Å². The maximum atomic E-state index is 12.8. The molecule has 0 bridgehead atoms. The van der Waals surface area contributed by atoms with Gasteiger partial charge in [-0.05, 0) is 23.6 Å². The molecule has 0 aromatic heterocycles. The minimum Gasteiger partial charge on any atom is -0.495 e. The maximum absolute atomic E-state index is 12.8. The number of benzene rings is 2. The van der Waals surface area contributed by atoms with Crippen LogP contribution < -0.4 is 9.64 Å². The number of nitrogens with zero attached hydrogens (tertiary/aromatic N) is 1. The van der Waals surface area contributed by atoms with Crippen molar-refractivity contribution in [1.82, 2.24) is 0 Å². The molecule has 4 heteroatoms. The molecule has 0 saturated carbocycles. The van der Waals surface area contributed by atoms with E-state index in [2.05, 4.69) is 0 Å². The van der Waals surface area contributed by atoms with Crippen molar-refractivity contribution < 1.29 is 14.3 Å². The smallest absolute Gasteiger partial charge is 0.238 e. The van der Waals surface area contributed by atoms with Crippen LogP contribution in [0.5, 0.6) is 5.75 Å². The van der Waals surface area contributed by atoms with Gasteiger partial charge >= 0.3 is 0 Å². The van der Waals surface area contributed by atoms with Crippen molar-refractivity contribution in [3.63, 3.8) is 0 Å². The van der Waals surface area contributed by atoms with Crippen LogP contribution in [-0.4, -0.2) is 18.9 Å². The van der Waals surface area contributed by atoms with Gasteiger partial charge in [0.05, 0.1) is 18.7 Å². The van der Waals surface area contributed by atoms with Gasteiger partial charge in [-0.2, -0.15) is 0 Å². The van der Waals surface area contributed by atoms with E-state index in [1.54, 1.807) is 18.2 Å². The summed E-state index contributed by atoms with van der Waals surface area (Å²) in [5.41, 5.74) is 1.59. The molecule has 1 fully saturated rings. The van der Waals surface area contributed by atoms with E-state index in [9.17, 15) is 9.59 Å². The Hall–Kier alpha value is -2.62. The van der Waals surface area contributed by atoms with Gasteiger partial charge < -0.3 is 4.74 Å². The number of para-hydroxylation sites is 2. The molecule has 4 nitrogen and oxygen atoms in total. The van der Waals surface area contributed by atoms with Crippen LogP contribution in [0.25, 0.3) is 0 Å². The van der Waals surface area contributed by atoms with Crippen molar-refractivity contribution in [3.8, 4) is 5.75 Å². The quantitative estimate of drug-likeness (QED) is 0.813. The molecule has 2 amide bonds. The molecule has 118 valence electrons. The summed E-state index contributed by atoms with van der Waals surface area (Å²) in [6, 6.07) is 16.9. The Balaban J connectivity index is 1.91. The molecular formula is C19H19NO3. The third-order valence-electron chi connectivity index (χ3n) is 4.44. The lowest BCUT2D eigenvalue weighted by Crippen LogP contribution is -2.31. The first-order valence-electron chi connectivity index (χ1n) is 7.68. The summed E-state index contributed by atoms with van der Waals surface area (Å²) in [5, 5.41) is 0. The van der Waals surface area contributed by atoms with Crippen molar-refractivity contribution in [1.29, 1.82) is 0 Å². The largest absolute Gasteiger partial charge is 0.495 e. The fourth-order valence-electron chi connectivity index (χ4n) is 3.10. The molecule has 0 spiro atoms. The van der Waals surface area contributed by atoms with Crippen LogP contribution >= 0.6 is 0 Å². The Labute approximate surface area is 135 Å². The van der Waals surface area contributed by atoms with E-state index >= 15 is 0 Å². The minimum absolute atomic E-state index is 0.00708. The second kappa shape index (κ2) is 6.24. The zero-order valence-corrected chi connectivity index (χ0v) is 13.2. The van der Waals surface area contributed by atoms with Crippen LogP contribution in [0, 0.1) is 5.92 Å². The third kappa shape index (κ3) is 2.72. The molecule has 0 N–H and O–H groups in total. The fourth-order valence-corrected chi connectivity index (χ4v) is 3.10. The summed E-state index contributed by atoms with van der Waals surface area (Å²) in [6.45, 7) is 2.00. The van der Waals surface area contributed by atoms with Gasteiger partial charge in [-0.15, -0.1) is 0 Å². The van der Waals surface area contributed by atoms with Crippen molar-refractivity contribution in [3.05, 3.63) is 60.2 Å². The summed E-state index contributed by atoms with van der Waals surface area (Å²) in [7, 11) is 1.54. The SMILES string of the molecule is COc1ccccc1N1C(=O)C[C@@H]([C@@H](C)c2ccccc2)C1=O. The summed E-state index contributed by atoms with van der Waals surface area (Å²) in [6.07, 6.45) is 0.229. The number of amides is 2. The van der Waals surface area contributed by atoms with Crippen LogP contribution in [0.1, 0.15) is 24.8 Å². The third-order valence-corrected chi connectivity index (χ3v) is 4.44. The lowest BCUT2D eigenvalue weighted by atomic mass is 9.86. The van der Waals surface area contributed by atoms with Crippen LogP contribution in [0.15, 0.2) is 54.6 Å². The first kappa shape index (κ1) is 15.3. The molecule has 0 unspecified atom stereocenters. The minimum atomic E-state index is -0.338. The molecule has 1 aliphatic rings. The highest BCUT2D eigenvalue weighted by Gasteiger charge is 2.43. The molecule has 1 heterocycles. The standard InChI is InChI=1S/C19H19NO3/c1-13(14-8-4-3-5-9-14)15-12-18(21)20(19(15)22)16-10-6-7-11-17(16)23-2/h3-11,13,15H,12H2,1-2H3/t13-,15-/m0/s1. The number of ether oxygens (including phenoxy) is 1. The first-order valence-corrected chi connectivity index (χ1v) is 7.68. The highest BCUT2D eigenvalue weighted by molar-refractivity contribution is 6.21. The van der Waals surface area contributed by atoms with Crippen molar-refractivity contribution >= 4 is 17.5 Å². The number of imide groups is 1. The van der Waals surface area contributed by atoms with Crippen LogP contribution in [-0.2, 0) is 9.59 Å². The molecule has 1 aliphatic heterocycles. The highest BCUT2D eigenvalue weighted by atomic mass is 16.5. The predicted molar refractivity (Wildman–Crippen MR) is 88.5 cm³/mol. The monoisotopic (exact) mass is 309 g/mol. The van der Waals surface area contributed by atoms with Gasteiger partial charge in [-0.25, -0.2) is 4.90 Å². The Bertz CT molecular complexity index is 726. The zero-order valence-electron chi connectivity index (χ0n) is 13.2. The normalized spacial score (nSPS) is 19.0. The molecule has 2 atom stereocenters. The number of hydrogen-bond donors (Lipinski definition) is 0. The summed E-state index contributed by atoms with van der Waals surface area (Å²) in [4.78, 5) is 26.6. The van der Waals surface area contributed by atoms with E-state index < -0.39 is 0 Å². The van der Waals surface area contributed by atoms with E-state index in [0.29, 0.717) is 11.4 Å². The molecule has 1 saturated heterocycles. The van der Waals surface area contributed by atoms with E-state index in [1.165, 1.54) is 12.0 Å². The predicted octanol–water partition coefficient (Wildman–Crippen LogP) is 3.38. The lowest BCUT2D eigenvalue weighted by Gasteiger charge is -2.20. The maximum Gasteiger partial charge on any atom is 0.238 e. The number of anilines is 1. The Kier molecular flexibility index (Phi) is 4.15. The Morgan fingerprint density at radius 2 is 1.70 bits per heavy atom. The number of carbonyl (C=O) groups excluding carboxylic acids is 2. The molecule has 0 aliphatic carbocycles. The van der Waals surface area contributed by atoms with Gasteiger partial charge in [0.2, 0.25) is 11.8 Å². The number of hydrogen-bond acceptors (Lipinski definition) is 3. The van der Waals surface area contributed by atoms with Gasteiger partial charge in [0.15, 0.2) is 0 Å². The first-order chi connectivity index (χ1) is 11.1. The molecule has 23 heavy (non-hydrogen) atoms. The van der Waals surface area contributed by atoms with Crippen molar-refractivity contribution in [2.75, 3.05) is 12.0 Å². The lowest BCUT2D eigenvalue weighted by molar-refractivity contribution is -0.122. The van der Waals surface area contributed by atoms with Crippen LogP contribution in [0.2, 0.25) is 0 Å². The van der Waals surface area contributed by atoms with Crippen LogP contribution in [0.3, 0.4) is 0 Å². The van der Waals surface area contributed by atoms with E-state index in [1.807, 2.05) is 43.3 Å². The van der Waals surface area contributed by atoms with E-state index in [4.69, 9.17) is 4.74 Å². The average Bonchev–Trinajstić information content (AvgIpc) is 2.89. The van der Waals surface area contributed by atoms with Gasteiger partial charge in [0, 0.05) is 6.42 Å². The molecule has 2 aromatic carbocycles. The van der Waals surface area contributed by atoms with Crippen molar-refractivity contribution in [2.24, 2.45) is 5.92 Å². The van der Waals surface area contributed by atoms with Crippen molar-refractivity contribution in [2.45, 2.75) is 19.3 Å². The topological polar surface area (TPSA) is 46.6 Å². The summed E-state index contributed by atoms with van der Waals surface area (Å²) >= 11 is 0. The zero-order chi connectivity index (χ0) is 16.4. The second-order valence-electron chi connectivity index (χ2n) is 5.75. The molecule has 3 rings (SSSR count). The molecular weight excluding hydrogens is 290 g/mol. The Morgan fingerprint density at radius 1 is 1.04 bits per heavy atom. The van der Waals surface area contributed by atoms with Gasteiger partial charge in [-0.1, -0.05) is 49.4 Å². The Morgan fingerprint density at radius 3 is 2.39 bits per heavy atom. The average molecular weight is 309 g/mol. The summed E-state index contributed by atoms with van der Waals surface area (Å²) in [5.74, 6) is -0.146. The van der Waals surface area contributed by atoms with E-state index in [-0.39, 0.29) is 30.1 Å². The molecule has 2 aromatic rings. The number of rotatable bonds is 4. The highest BCUT2D eigenvalue weighted by Crippen LogP contribution is 2.38.